The predicted octanol–water partition coefficient (Wildman–Crippen LogP) is 3.59. The van der Waals surface area contributed by atoms with Crippen LogP contribution in [-0.2, 0) is 19.1 Å². The molecule has 3 fully saturated rings. The van der Waals surface area contributed by atoms with E-state index in [0.717, 1.165) is 10.9 Å². The first kappa shape index (κ1) is 20.9. The van der Waals surface area contributed by atoms with Gasteiger partial charge in [-0.05, 0) is 67.3 Å². The largest absolute Gasteiger partial charge is 0.462 e. The van der Waals surface area contributed by atoms with Crippen molar-refractivity contribution >= 4 is 39.6 Å². The van der Waals surface area contributed by atoms with Crippen molar-refractivity contribution in [3.05, 3.63) is 64.1 Å². The summed E-state index contributed by atoms with van der Waals surface area (Å²) in [4.78, 5) is 49.3. The first-order valence-corrected chi connectivity index (χ1v) is 11.2. The van der Waals surface area contributed by atoms with Crippen molar-refractivity contribution in [2.75, 3.05) is 6.61 Å². The van der Waals surface area contributed by atoms with Gasteiger partial charge in [0, 0.05) is 16.0 Å². The number of benzene rings is 2. The van der Waals surface area contributed by atoms with Crippen LogP contribution in [0.4, 0.5) is 0 Å². The maximum absolute atomic E-state index is 12.6. The molecule has 7 nitrogen and oxygen atoms in total. The summed E-state index contributed by atoms with van der Waals surface area (Å²) < 4.78 is 16.8. The van der Waals surface area contributed by atoms with Gasteiger partial charge in [0.1, 0.15) is 11.9 Å². The van der Waals surface area contributed by atoms with Crippen molar-refractivity contribution in [3.63, 3.8) is 0 Å². The molecule has 1 heterocycles. The monoisotopic (exact) mass is 498 g/mol. The van der Waals surface area contributed by atoms with E-state index in [1.54, 1.807) is 24.3 Å². The fourth-order valence-corrected chi connectivity index (χ4v) is 5.37. The van der Waals surface area contributed by atoms with Crippen LogP contribution in [0.2, 0.25) is 0 Å². The van der Waals surface area contributed by atoms with Gasteiger partial charge in [0.2, 0.25) is 0 Å². The van der Waals surface area contributed by atoms with Gasteiger partial charge in [0.25, 0.3) is 0 Å². The first-order valence-electron chi connectivity index (χ1n) is 10.4. The standard InChI is InChI=1S/C24H19BrO7/c25-15-5-1-13(2-6-15)22(27)31-16-7-3-12(4-8-16)18(26)11-30-23(28)20-14-9-17-19(10-14)32-24(29)21(17)20/h1-8,14,17,19-21H,9-11H2/t14-,17+,19-,20-,21-/m1/s1. The molecule has 0 spiro atoms. The summed E-state index contributed by atoms with van der Waals surface area (Å²) in [5.41, 5.74) is 0.730. The van der Waals surface area contributed by atoms with Crippen molar-refractivity contribution in [2.24, 2.45) is 23.7 Å². The van der Waals surface area contributed by atoms with Crippen LogP contribution in [0.5, 0.6) is 5.75 Å². The molecule has 5 rings (SSSR count). The molecule has 2 saturated carbocycles. The van der Waals surface area contributed by atoms with Crippen LogP contribution in [0.3, 0.4) is 0 Å². The number of hydrogen-bond acceptors (Lipinski definition) is 7. The summed E-state index contributed by atoms with van der Waals surface area (Å²) >= 11 is 3.31. The third-order valence-corrected chi connectivity index (χ3v) is 7.10. The summed E-state index contributed by atoms with van der Waals surface area (Å²) in [5, 5.41) is 0. The maximum atomic E-state index is 12.6. The van der Waals surface area contributed by atoms with Crippen LogP contribution in [0.15, 0.2) is 53.0 Å². The first-order chi connectivity index (χ1) is 15.4. The second-order valence-electron chi connectivity index (χ2n) is 8.37. The highest BCUT2D eigenvalue weighted by atomic mass is 79.9. The summed E-state index contributed by atoms with van der Waals surface area (Å²) in [6.07, 6.45) is 1.44. The summed E-state index contributed by atoms with van der Waals surface area (Å²) in [6.45, 7) is -0.407. The van der Waals surface area contributed by atoms with Crippen molar-refractivity contribution in [3.8, 4) is 5.75 Å². The molecule has 1 saturated heterocycles. The van der Waals surface area contributed by atoms with Crippen LogP contribution < -0.4 is 4.74 Å². The van der Waals surface area contributed by atoms with Crippen LogP contribution in [0.1, 0.15) is 33.6 Å². The van der Waals surface area contributed by atoms with Crippen molar-refractivity contribution in [1.29, 1.82) is 0 Å². The quantitative estimate of drug-likeness (QED) is 0.341. The second-order valence-corrected chi connectivity index (χ2v) is 9.29. The average molecular weight is 499 g/mol. The van der Waals surface area contributed by atoms with E-state index < -0.39 is 30.4 Å². The zero-order valence-corrected chi connectivity index (χ0v) is 18.4. The van der Waals surface area contributed by atoms with E-state index >= 15 is 0 Å². The van der Waals surface area contributed by atoms with E-state index in [1.165, 1.54) is 24.3 Å². The Kier molecular flexibility index (Phi) is 5.33. The Balaban J connectivity index is 1.16. The molecule has 0 unspecified atom stereocenters. The summed E-state index contributed by atoms with van der Waals surface area (Å²) in [5.74, 6) is -2.17. The highest BCUT2D eigenvalue weighted by molar-refractivity contribution is 9.10. The molecule has 1 aliphatic heterocycles. The SMILES string of the molecule is O=C(COC(=O)[C@@H]1[C@@H]2C[C@@H]3[C@H]1C(=O)O[C@@H]3C2)c1ccc(OC(=O)c2ccc(Br)cc2)cc1. The van der Waals surface area contributed by atoms with Gasteiger partial charge >= 0.3 is 17.9 Å². The van der Waals surface area contributed by atoms with Crippen LogP contribution >= 0.6 is 15.9 Å². The fourth-order valence-electron chi connectivity index (χ4n) is 5.10. The molecule has 2 aromatic carbocycles. The van der Waals surface area contributed by atoms with Gasteiger partial charge in [-0.3, -0.25) is 14.4 Å². The lowest BCUT2D eigenvalue weighted by molar-refractivity contribution is -0.154. The van der Waals surface area contributed by atoms with E-state index in [4.69, 9.17) is 14.2 Å². The molecule has 2 aliphatic carbocycles. The third-order valence-electron chi connectivity index (χ3n) is 6.57. The number of rotatable bonds is 6. The molecule has 0 N–H and O–H groups in total. The highest BCUT2D eigenvalue weighted by Crippen LogP contribution is 2.57. The number of hydrogen-bond donors (Lipinski definition) is 0. The Bertz CT molecular complexity index is 1090. The lowest BCUT2D eigenvalue weighted by atomic mass is 9.80. The number of carbonyl (C=O) groups is 4. The number of carbonyl (C=O) groups excluding carboxylic acids is 4. The van der Waals surface area contributed by atoms with Crippen LogP contribution in [0.25, 0.3) is 0 Å². The fraction of sp³-hybridized carbons (Fsp3) is 0.333. The summed E-state index contributed by atoms with van der Waals surface area (Å²) in [6, 6.07) is 12.8. The number of esters is 3. The molecule has 164 valence electrons. The molecular weight excluding hydrogens is 480 g/mol. The molecule has 2 aromatic rings. The molecule has 5 atom stereocenters. The van der Waals surface area contributed by atoms with Gasteiger partial charge < -0.3 is 14.2 Å². The molecule has 0 aromatic heterocycles. The second kappa shape index (κ2) is 8.16. The van der Waals surface area contributed by atoms with Crippen molar-refractivity contribution in [1.82, 2.24) is 0 Å². The minimum Gasteiger partial charge on any atom is -0.462 e. The predicted molar refractivity (Wildman–Crippen MR) is 114 cm³/mol. The van der Waals surface area contributed by atoms with Crippen LogP contribution in [-0.4, -0.2) is 36.4 Å². The number of Topliss-reactive ketones (excluding diaryl/α,β-unsaturated/α-hetero) is 1. The van der Waals surface area contributed by atoms with E-state index in [2.05, 4.69) is 15.9 Å². The highest BCUT2D eigenvalue weighted by Gasteiger charge is 2.64. The van der Waals surface area contributed by atoms with E-state index in [1.807, 2.05) is 0 Å². The number of ketones is 1. The minimum atomic E-state index is -0.514. The van der Waals surface area contributed by atoms with Crippen LogP contribution in [0, 0.1) is 23.7 Å². The number of ether oxygens (including phenoxy) is 3. The Hall–Kier alpha value is -3.00. The van der Waals surface area contributed by atoms with Gasteiger partial charge in [-0.2, -0.15) is 0 Å². The zero-order valence-electron chi connectivity index (χ0n) is 16.9. The third kappa shape index (κ3) is 3.72. The minimum absolute atomic E-state index is 0.0560. The Morgan fingerprint density at radius 2 is 1.66 bits per heavy atom. The van der Waals surface area contributed by atoms with E-state index in [9.17, 15) is 19.2 Å². The Morgan fingerprint density at radius 1 is 0.969 bits per heavy atom. The molecule has 8 heteroatoms. The maximum Gasteiger partial charge on any atom is 0.343 e. The lowest BCUT2D eigenvalue weighted by Crippen LogP contribution is -2.34. The smallest absolute Gasteiger partial charge is 0.343 e. The van der Waals surface area contributed by atoms with Gasteiger partial charge in [-0.15, -0.1) is 0 Å². The molecular formula is C24H19BrO7. The summed E-state index contributed by atoms with van der Waals surface area (Å²) in [7, 11) is 0. The Labute approximate surface area is 192 Å². The molecule has 3 aliphatic rings. The normalized spacial score (nSPS) is 27.2. The van der Waals surface area contributed by atoms with Crippen molar-refractivity contribution < 1.29 is 33.4 Å². The topological polar surface area (TPSA) is 96.0 Å². The van der Waals surface area contributed by atoms with Gasteiger partial charge in [0.15, 0.2) is 12.4 Å². The zero-order chi connectivity index (χ0) is 22.4. The number of halogens is 1. The van der Waals surface area contributed by atoms with E-state index in [0.29, 0.717) is 23.3 Å². The number of fused-ring (bicyclic) bond motifs is 1. The molecule has 0 radical (unpaired) electrons. The van der Waals surface area contributed by atoms with Gasteiger partial charge in [0.05, 0.1) is 17.4 Å². The molecule has 0 amide bonds. The Morgan fingerprint density at radius 3 is 2.38 bits per heavy atom. The lowest BCUT2D eigenvalue weighted by Gasteiger charge is -2.22. The van der Waals surface area contributed by atoms with Gasteiger partial charge in [-0.1, -0.05) is 15.9 Å². The average Bonchev–Trinajstić information content (AvgIpc) is 3.41. The molecule has 2 bridgehead atoms. The van der Waals surface area contributed by atoms with Gasteiger partial charge in [-0.25, -0.2) is 4.79 Å². The van der Waals surface area contributed by atoms with Crippen molar-refractivity contribution in [2.45, 2.75) is 18.9 Å². The molecule has 32 heavy (non-hydrogen) atoms. The van der Waals surface area contributed by atoms with E-state index in [-0.39, 0.29) is 29.7 Å².